The van der Waals surface area contributed by atoms with Crippen LogP contribution in [0.5, 0.6) is 0 Å². The van der Waals surface area contributed by atoms with E-state index in [-0.39, 0.29) is 11.8 Å². The van der Waals surface area contributed by atoms with E-state index in [1.54, 1.807) is 22.4 Å². The highest BCUT2D eigenvalue weighted by Gasteiger charge is 2.25. The van der Waals surface area contributed by atoms with Crippen LogP contribution in [0.1, 0.15) is 32.9 Å². The molecule has 32 heavy (non-hydrogen) atoms. The van der Waals surface area contributed by atoms with Crippen LogP contribution in [0.25, 0.3) is 10.9 Å². The standard InChI is InChI=1S/C25H24N4O2S/c1-28-16-18(20-7-2-3-9-22(20)28)13-24(30)29-10-4-8-21-23(29)12-17(14-26-21)25(31)27-15-19-6-5-11-32-19/h2-3,5-7,9,11-12,14,16H,4,8,10,13,15H2,1H3,(H,27,31). The minimum atomic E-state index is -0.180. The van der Waals surface area contributed by atoms with Gasteiger partial charge in [-0.2, -0.15) is 0 Å². The Bertz CT molecular complexity index is 1290. The van der Waals surface area contributed by atoms with Crippen LogP contribution in [0.3, 0.4) is 0 Å². The number of hydrogen-bond donors (Lipinski definition) is 1. The lowest BCUT2D eigenvalue weighted by Crippen LogP contribution is -2.37. The molecule has 5 rings (SSSR count). The number of aromatic nitrogens is 2. The molecule has 0 fully saturated rings. The Labute approximate surface area is 190 Å². The van der Waals surface area contributed by atoms with Crippen LogP contribution in [0, 0.1) is 0 Å². The van der Waals surface area contributed by atoms with Gasteiger partial charge in [-0.1, -0.05) is 24.3 Å². The largest absolute Gasteiger partial charge is 0.350 e. The highest BCUT2D eigenvalue weighted by molar-refractivity contribution is 7.09. The first-order valence-corrected chi connectivity index (χ1v) is 11.6. The first-order valence-electron chi connectivity index (χ1n) is 10.7. The molecular formula is C25H24N4O2S. The first-order chi connectivity index (χ1) is 15.6. The van der Waals surface area contributed by atoms with Gasteiger partial charge in [0.1, 0.15) is 0 Å². The Hall–Kier alpha value is -3.45. The van der Waals surface area contributed by atoms with Crippen LogP contribution in [-0.2, 0) is 31.2 Å². The first kappa shape index (κ1) is 20.5. The van der Waals surface area contributed by atoms with Crippen molar-refractivity contribution in [2.24, 2.45) is 7.05 Å². The number of benzene rings is 1. The molecule has 2 amide bonds. The van der Waals surface area contributed by atoms with Crippen molar-refractivity contribution in [3.05, 3.63) is 81.9 Å². The van der Waals surface area contributed by atoms with Crippen LogP contribution >= 0.6 is 11.3 Å². The van der Waals surface area contributed by atoms with Gasteiger partial charge in [-0.3, -0.25) is 14.6 Å². The molecule has 0 aliphatic carbocycles. The maximum atomic E-state index is 13.3. The van der Waals surface area contributed by atoms with Gasteiger partial charge in [0, 0.05) is 41.8 Å². The molecule has 1 aliphatic heterocycles. The minimum absolute atomic E-state index is 0.0280. The fourth-order valence-corrected chi connectivity index (χ4v) is 4.97. The van der Waals surface area contributed by atoms with Crippen LogP contribution in [0.4, 0.5) is 5.69 Å². The maximum Gasteiger partial charge on any atom is 0.253 e. The second kappa shape index (κ2) is 8.59. The highest BCUT2D eigenvalue weighted by Crippen LogP contribution is 2.28. The zero-order valence-electron chi connectivity index (χ0n) is 17.9. The van der Waals surface area contributed by atoms with Gasteiger partial charge in [-0.25, -0.2) is 0 Å². The molecule has 3 aromatic heterocycles. The zero-order chi connectivity index (χ0) is 22.1. The SMILES string of the molecule is Cn1cc(CC(=O)N2CCCc3ncc(C(=O)NCc4cccs4)cc32)c2ccccc21. The van der Waals surface area contributed by atoms with Crippen LogP contribution in [-0.4, -0.2) is 27.9 Å². The summed E-state index contributed by atoms with van der Waals surface area (Å²) in [5.41, 5.74) is 4.23. The summed E-state index contributed by atoms with van der Waals surface area (Å²) in [6, 6.07) is 13.9. The van der Waals surface area contributed by atoms with E-state index in [1.165, 1.54) is 0 Å². The molecule has 1 N–H and O–H groups in total. The molecule has 7 heteroatoms. The Balaban J connectivity index is 1.37. The number of amides is 2. The molecule has 1 aromatic carbocycles. The van der Waals surface area contributed by atoms with E-state index < -0.39 is 0 Å². The van der Waals surface area contributed by atoms with E-state index in [1.807, 2.05) is 49.0 Å². The molecule has 6 nitrogen and oxygen atoms in total. The van der Waals surface area contributed by atoms with Crippen molar-refractivity contribution in [2.45, 2.75) is 25.8 Å². The second-order valence-electron chi connectivity index (χ2n) is 8.06. The molecule has 4 aromatic rings. The zero-order valence-corrected chi connectivity index (χ0v) is 18.7. The Morgan fingerprint density at radius 1 is 1.19 bits per heavy atom. The van der Waals surface area contributed by atoms with Crippen LogP contribution in [0.2, 0.25) is 0 Å². The van der Waals surface area contributed by atoms with Crippen molar-refractivity contribution in [2.75, 3.05) is 11.4 Å². The number of carbonyl (C=O) groups excluding carboxylic acids is 2. The molecule has 0 bridgehead atoms. The van der Waals surface area contributed by atoms with Crippen molar-refractivity contribution >= 4 is 39.7 Å². The summed E-state index contributed by atoms with van der Waals surface area (Å²) in [6.45, 7) is 1.12. The summed E-state index contributed by atoms with van der Waals surface area (Å²) < 4.78 is 2.06. The Morgan fingerprint density at radius 2 is 2.06 bits per heavy atom. The molecule has 0 atom stereocenters. The summed E-state index contributed by atoms with van der Waals surface area (Å²) in [7, 11) is 2.00. The molecule has 4 heterocycles. The van der Waals surface area contributed by atoms with Crippen LogP contribution in [0.15, 0.2) is 60.2 Å². The van der Waals surface area contributed by atoms with Crippen molar-refractivity contribution in [3.8, 4) is 0 Å². The quantitative estimate of drug-likeness (QED) is 0.504. The highest BCUT2D eigenvalue weighted by atomic mass is 32.1. The minimum Gasteiger partial charge on any atom is -0.350 e. The van der Waals surface area contributed by atoms with E-state index in [0.29, 0.717) is 25.1 Å². The smallest absolute Gasteiger partial charge is 0.253 e. The molecule has 0 spiro atoms. The average Bonchev–Trinajstić information content (AvgIpc) is 3.45. The number of hydrogen-bond acceptors (Lipinski definition) is 4. The van der Waals surface area contributed by atoms with Gasteiger partial charge in [0.15, 0.2) is 0 Å². The van der Waals surface area contributed by atoms with Crippen molar-refractivity contribution in [1.29, 1.82) is 0 Å². The van der Waals surface area contributed by atoms with Crippen molar-refractivity contribution in [1.82, 2.24) is 14.9 Å². The third-order valence-electron chi connectivity index (χ3n) is 5.92. The van der Waals surface area contributed by atoms with Crippen LogP contribution < -0.4 is 10.2 Å². The van der Waals surface area contributed by atoms with Gasteiger partial charge in [0.25, 0.3) is 5.91 Å². The van der Waals surface area contributed by atoms with Gasteiger partial charge in [0.05, 0.1) is 29.9 Å². The third-order valence-corrected chi connectivity index (χ3v) is 6.80. The second-order valence-corrected chi connectivity index (χ2v) is 9.09. The molecular weight excluding hydrogens is 420 g/mol. The number of anilines is 1. The predicted octanol–water partition coefficient (Wildman–Crippen LogP) is 4.09. The van der Waals surface area contributed by atoms with E-state index in [4.69, 9.17) is 0 Å². The number of carbonyl (C=O) groups is 2. The number of aryl methyl sites for hydroxylation is 2. The fraction of sp³-hybridized carbons (Fsp3) is 0.240. The number of nitrogens with zero attached hydrogens (tertiary/aromatic N) is 3. The lowest BCUT2D eigenvalue weighted by atomic mass is 10.0. The van der Waals surface area contributed by atoms with Crippen molar-refractivity contribution in [3.63, 3.8) is 0 Å². The Morgan fingerprint density at radius 3 is 2.91 bits per heavy atom. The monoisotopic (exact) mass is 444 g/mol. The number of pyridine rings is 1. The van der Waals surface area contributed by atoms with Gasteiger partial charge < -0.3 is 14.8 Å². The predicted molar refractivity (Wildman–Crippen MR) is 127 cm³/mol. The van der Waals surface area contributed by atoms with Gasteiger partial charge >= 0.3 is 0 Å². The number of nitrogens with one attached hydrogen (secondary N) is 1. The maximum absolute atomic E-state index is 13.3. The van der Waals surface area contributed by atoms with Gasteiger partial charge in [-0.15, -0.1) is 11.3 Å². The molecule has 0 unspecified atom stereocenters. The topological polar surface area (TPSA) is 67.2 Å². The normalized spacial score (nSPS) is 13.2. The van der Waals surface area contributed by atoms with Crippen molar-refractivity contribution < 1.29 is 9.59 Å². The molecule has 0 radical (unpaired) electrons. The number of thiophene rings is 1. The van der Waals surface area contributed by atoms with Gasteiger partial charge in [-0.05, 0) is 42.0 Å². The summed E-state index contributed by atoms with van der Waals surface area (Å²) in [5.74, 6) is -0.152. The van der Waals surface area contributed by atoms with E-state index >= 15 is 0 Å². The molecule has 0 saturated heterocycles. The lowest BCUT2D eigenvalue weighted by Gasteiger charge is -2.29. The summed E-state index contributed by atoms with van der Waals surface area (Å²) >= 11 is 1.61. The number of para-hydroxylation sites is 1. The van der Waals surface area contributed by atoms with E-state index in [2.05, 4.69) is 27.0 Å². The molecule has 1 aliphatic rings. The average molecular weight is 445 g/mol. The number of fused-ring (bicyclic) bond motifs is 2. The summed E-state index contributed by atoms with van der Waals surface area (Å²) in [5, 5.41) is 6.03. The number of rotatable bonds is 5. The van der Waals surface area contributed by atoms with E-state index in [0.717, 1.165) is 45.6 Å². The summed E-state index contributed by atoms with van der Waals surface area (Å²) in [6.07, 6.45) is 5.63. The van der Waals surface area contributed by atoms with E-state index in [9.17, 15) is 9.59 Å². The third kappa shape index (κ3) is 3.91. The fourth-order valence-electron chi connectivity index (χ4n) is 4.32. The van der Waals surface area contributed by atoms with Gasteiger partial charge in [0.2, 0.25) is 5.91 Å². The Kier molecular flexibility index (Phi) is 5.49. The molecule has 162 valence electrons. The molecule has 0 saturated carbocycles. The summed E-state index contributed by atoms with van der Waals surface area (Å²) in [4.78, 5) is 33.4. The lowest BCUT2D eigenvalue weighted by molar-refractivity contribution is -0.118.